The van der Waals surface area contributed by atoms with Crippen LogP contribution in [0.2, 0.25) is 0 Å². The van der Waals surface area contributed by atoms with Crippen LogP contribution in [0.4, 0.5) is 23.1 Å². The summed E-state index contributed by atoms with van der Waals surface area (Å²) in [6.45, 7) is 0.0677. The van der Waals surface area contributed by atoms with Crippen LogP contribution in [0.25, 0.3) is 0 Å². The van der Waals surface area contributed by atoms with Crippen LogP contribution in [-0.2, 0) is 15.7 Å². The van der Waals surface area contributed by atoms with Gasteiger partial charge in [-0.25, -0.2) is 9.69 Å². The van der Waals surface area contributed by atoms with Crippen molar-refractivity contribution in [2.75, 3.05) is 18.5 Å². The quantitative estimate of drug-likeness (QED) is 0.771. The van der Waals surface area contributed by atoms with Crippen LogP contribution in [0.1, 0.15) is 30.7 Å². The van der Waals surface area contributed by atoms with Crippen molar-refractivity contribution in [3.63, 3.8) is 0 Å². The molecule has 2 amide bonds. The van der Waals surface area contributed by atoms with Crippen molar-refractivity contribution in [3.8, 4) is 0 Å². The minimum atomic E-state index is -4.64. The zero-order chi connectivity index (χ0) is 17.5. The van der Waals surface area contributed by atoms with Gasteiger partial charge in [-0.3, -0.25) is 4.79 Å². The van der Waals surface area contributed by atoms with Gasteiger partial charge in [0.25, 0.3) is 0 Å². The third kappa shape index (κ3) is 3.17. The van der Waals surface area contributed by atoms with E-state index >= 15 is 0 Å². The lowest BCUT2D eigenvalue weighted by atomic mass is 10.1. The van der Waals surface area contributed by atoms with Gasteiger partial charge in [-0.05, 0) is 12.8 Å². The Morgan fingerprint density at radius 3 is 2.54 bits per heavy atom. The molecule has 24 heavy (non-hydrogen) atoms. The molecule has 2 fully saturated rings. The van der Waals surface area contributed by atoms with Gasteiger partial charge in [-0.2, -0.15) is 13.2 Å². The van der Waals surface area contributed by atoms with Gasteiger partial charge in [0, 0.05) is 7.05 Å². The maximum absolute atomic E-state index is 12.7. The van der Waals surface area contributed by atoms with E-state index in [-0.39, 0.29) is 28.9 Å². The number of amides is 2. The molecular formula is C13H15F3N4O3S. The number of carbonyl (C=O) groups is 2. The number of hydrogen-bond acceptors (Lipinski definition) is 6. The summed E-state index contributed by atoms with van der Waals surface area (Å²) in [5.74, 6) is -0.640. The number of nitrogens with zero attached hydrogens (tertiary/aromatic N) is 4. The number of esters is 1. The monoisotopic (exact) mass is 364 g/mol. The molecule has 1 atom stereocenters. The molecule has 1 aliphatic carbocycles. The SMILES string of the molecule is CN1CC(OC(=O)C2CCCC2)N(c2nnc(C(F)(F)F)s2)C1=O. The highest BCUT2D eigenvalue weighted by atomic mass is 32.1. The first-order valence-electron chi connectivity index (χ1n) is 7.43. The molecule has 11 heteroatoms. The molecule has 0 aromatic carbocycles. The molecule has 0 radical (unpaired) electrons. The minimum absolute atomic E-state index is 0.0677. The van der Waals surface area contributed by atoms with Gasteiger partial charge < -0.3 is 9.64 Å². The third-order valence-electron chi connectivity index (χ3n) is 4.05. The Morgan fingerprint density at radius 2 is 1.96 bits per heavy atom. The van der Waals surface area contributed by atoms with Gasteiger partial charge in [-0.15, -0.1) is 10.2 Å². The molecular weight excluding hydrogens is 349 g/mol. The Labute approximate surface area is 139 Å². The maximum atomic E-state index is 12.7. The number of anilines is 1. The molecule has 1 aromatic rings. The fourth-order valence-corrected chi connectivity index (χ4v) is 3.56. The number of likely N-dealkylation sites (N-methyl/N-ethyl adjacent to an activating group) is 1. The maximum Gasteiger partial charge on any atom is 0.445 e. The number of alkyl halides is 3. The second kappa shape index (κ2) is 6.19. The standard InChI is InChI=1S/C13H15F3N4O3S/c1-19-6-8(23-9(21)7-4-2-3-5-7)20(12(19)22)11-18-17-10(24-11)13(14,15)16/h7-8H,2-6H2,1H3. The number of ether oxygens (including phenoxy) is 1. The first-order chi connectivity index (χ1) is 11.3. The molecule has 1 aliphatic heterocycles. The molecule has 0 bridgehead atoms. The van der Waals surface area contributed by atoms with Crippen LogP contribution >= 0.6 is 11.3 Å². The average Bonchev–Trinajstić information content (AvgIpc) is 3.20. The summed E-state index contributed by atoms with van der Waals surface area (Å²) in [6, 6.07) is -0.580. The van der Waals surface area contributed by atoms with E-state index in [2.05, 4.69) is 10.2 Å². The summed E-state index contributed by atoms with van der Waals surface area (Å²) >= 11 is 0.246. The summed E-state index contributed by atoms with van der Waals surface area (Å²) < 4.78 is 43.4. The minimum Gasteiger partial charge on any atom is -0.439 e. The first-order valence-corrected chi connectivity index (χ1v) is 8.24. The van der Waals surface area contributed by atoms with Crippen molar-refractivity contribution < 1.29 is 27.5 Å². The van der Waals surface area contributed by atoms with E-state index in [9.17, 15) is 22.8 Å². The van der Waals surface area contributed by atoms with Crippen LogP contribution in [0, 0.1) is 5.92 Å². The van der Waals surface area contributed by atoms with Crippen molar-refractivity contribution in [3.05, 3.63) is 5.01 Å². The molecule has 0 N–H and O–H groups in total. The van der Waals surface area contributed by atoms with Crippen LogP contribution in [0.15, 0.2) is 0 Å². The number of halogens is 3. The van der Waals surface area contributed by atoms with Gasteiger partial charge in [0.1, 0.15) is 0 Å². The van der Waals surface area contributed by atoms with Crippen molar-refractivity contribution in [2.24, 2.45) is 5.92 Å². The zero-order valence-electron chi connectivity index (χ0n) is 12.7. The van der Waals surface area contributed by atoms with E-state index < -0.39 is 29.4 Å². The largest absolute Gasteiger partial charge is 0.445 e. The summed E-state index contributed by atoms with van der Waals surface area (Å²) in [6.07, 6.45) is -2.29. The molecule has 0 spiro atoms. The molecule has 1 unspecified atom stereocenters. The van der Waals surface area contributed by atoms with Crippen molar-refractivity contribution in [1.29, 1.82) is 0 Å². The van der Waals surface area contributed by atoms with Crippen molar-refractivity contribution in [2.45, 2.75) is 38.1 Å². The van der Waals surface area contributed by atoms with E-state index in [1.807, 2.05) is 0 Å². The van der Waals surface area contributed by atoms with Crippen LogP contribution in [0.3, 0.4) is 0 Å². The summed E-state index contributed by atoms with van der Waals surface area (Å²) in [5, 5.41) is 5.13. The second-order valence-corrected chi connectivity index (χ2v) is 6.75. The number of hydrogen-bond donors (Lipinski definition) is 0. The molecule has 7 nitrogen and oxygen atoms in total. The number of rotatable bonds is 3. The fraction of sp³-hybridized carbons (Fsp3) is 0.692. The average molecular weight is 364 g/mol. The van der Waals surface area contributed by atoms with Crippen LogP contribution < -0.4 is 4.90 Å². The van der Waals surface area contributed by atoms with Crippen molar-refractivity contribution in [1.82, 2.24) is 15.1 Å². The Bertz CT molecular complexity index is 645. The second-order valence-electron chi connectivity index (χ2n) is 5.79. The van der Waals surface area contributed by atoms with E-state index in [4.69, 9.17) is 4.74 Å². The Balaban J connectivity index is 1.79. The van der Waals surface area contributed by atoms with Gasteiger partial charge in [0.2, 0.25) is 16.4 Å². The normalized spacial score (nSPS) is 22.5. The zero-order valence-corrected chi connectivity index (χ0v) is 13.6. The lowest BCUT2D eigenvalue weighted by Gasteiger charge is -2.21. The van der Waals surface area contributed by atoms with Gasteiger partial charge in [0.15, 0.2) is 0 Å². The van der Waals surface area contributed by atoms with E-state index in [0.29, 0.717) is 0 Å². The fourth-order valence-electron chi connectivity index (χ4n) is 2.82. The molecule has 2 aliphatic rings. The molecule has 1 saturated heterocycles. The number of urea groups is 1. The van der Waals surface area contributed by atoms with Crippen LogP contribution in [0.5, 0.6) is 0 Å². The molecule has 1 saturated carbocycles. The number of carbonyl (C=O) groups excluding carboxylic acids is 2. The Hall–Kier alpha value is -1.91. The summed E-state index contributed by atoms with van der Waals surface area (Å²) in [4.78, 5) is 26.6. The number of aromatic nitrogens is 2. The summed E-state index contributed by atoms with van der Waals surface area (Å²) in [7, 11) is 1.48. The highest BCUT2D eigenvalue weighted by molar-refractivity contribution is 7.15. The first kappa shape index (κ1) is 16.9. The van der Waals surface area contributed by atoms with Gasteiger partial charge >= 0.3 is 18.2 Å². The molecule has 2 heterocycles. The Morgan fingerprint density at radius 1 is 1.29 bits per heavy atom. The topological polar surface area (TPSA) is 75.6 Å². The van der Waals surface area contributed by atoms with Crippen molar-refractivity contribution >= 4 is 28.5 Å². The molecule has 132 valence electrons. The van der Waals surface area contributed by atoms with E-state index in [0.717, 1.165) is 30.6 Å². The predicted molar refractivity (Wildman–Crippen MR) is 77.3 cm³/mol. The van der Waals surface area contributed by atoms with Crippen LogP contribution in [-0.4, -0.2) is 46.9 Å². The van der Waals surface area contributed by atoms with E-state index in [1.54, 1.807) is 0 Å². The highest BCUT2D eigenvalue weighted by Gasteiger charge is 2.44. The summed E-state index contributed by atoms with van der Waals surface area (Å²) in [5.41, 5.74) is 0. The van der Waals surface area contributed by atoms with Gasteiger partial charge in [0.05, 0.1) is 12.5 Å². The lowest BCUT2D eigenvalue weighted by molar-refractivity contribution is -0.153. The smallest absolute Gasteiger partial charge is 0.439 e. The lowest BCUT2D eigenvalue weighted by Crippen LogP contribution is -2.38. The predicted octanol–water partition coefficient (Wildman–Crippen LogP) is 2.49. The molecule has 3 rings (SSSR count). The van der Waals surface area contributed by atoms with Gasteiger partial charge in [-0.1, -0.05) is 24.2 Å². The highest BCUT2D eigenvalue weighted by Crippen LogP contribution is 2.36. The third-order valence-corrected chi connectivity index (χ3v) is 5.02. The van der Waals surface area contributed by atoms with E-state index in [1.165, 1.54) is 11.9 Å². The Kier molecular flexibility index (Phi) is 4.37. The molecule has 1 aromatic heterocycles.